The van der Waals surface area contributed by atoms with Gasteiger partial charge in [-0.15, -0.1) is 0 Å². The van der Waals surface area contributed by atoms with Gasteiger partial charge in [-0.1, -0.05) is 22.0 Å². The van der Waals surface area contributed by atoms with Crippen LogP contribution in [0, 0.1) is 17.1 Å². The maximum absolute atomic E-state index is 13.7. The van der Waals surface area contributed by atoms with E-state index in [2.05, 4.69) is 22.0 Å². The number of anilines is 1. The first-order chi connectivity index (χ1) is 9.10. The summed E-state index contributed by atoms with van der Waals surface area (Å²) in [7, 11) is 1.87. The minimum atomic E-state index is -0.230. The normalized spacial score (nSPS) is 10.0. The van der Waals surface area contributed by atoms with Gasteiger partial charge in [0.1, 0.15) is 5.82 Å². The molecule has 0 aliphatic heterocycles. The van der Waals surface area contributed by atoms with Crippen LogP contribution in [0.2, 0.25) is 0 Å². The maximum Gasteiger partial charge on any atom is 0.128 e. The lowest BCUT2D eigenvalue weighted by atomic mass is 10.1. The van der Waals surface area contributed by atoms with Crippen molar-refractivity contribution in [2.45, 2.75) is 6.54 Å². The first-order valence-electron chi connectivity index (χ1n) is 5.75. The zero-order chi connectivity index (χ0) is 13.8. The van der Waals surface area contributed by atoms with Gasteiger partial charge in [0, 0.05) is 29.3 Å². The second-order valence-electron chi connectivity index (χ2n) is 4.25. The minimum Gasteiger partial charge on any atom is -0.370 e. The largest absolute Gasteiger partial charge is 0.370 e. The number of halogens is 2. The summed E-state index contributed by atoms with van der Waals surface area (Å²) in [5.74, 6) is -0.230. The molecule has 0 aromatic heterocycles. The van der Waals surface area contributed by atoms with Gasteiger partial charge < -0.3 is 4.90 Å². The summed E-state index contributed by atoms with van der Waals surface area (Å²) in [4.78, 5) is 1.91. The molecule has 19 heavy (non-hydrogen) atoms. The molecule has 0 fully saturated rings. The molecule has 4 heteroatoms. The molecule has 0 aliphatic carbocycles. The van der Waals surface area contributed by atoms with E-state index >= 15 is 0 Å². The summed E-state index contributed by atoms with van der Waals surface area (Å²) in [5.41, 5.74) is 2.09. The van der Waals surface area contributed by atoms with E-state index < -0.39 is 0 Å². The monoisotopic (exact) mass is 318 g/mol. The summed E-state index contributed by atoms with van der Waals surface area (Å²) >= 11 is 3.34. The first-order valence-corrected chi connectivity index (χ1v) is 6.54. The standard InChI is InChI=1S/C15H12BrFN2/c1-19(14-4-2-3-11(7-14)9-18)10-12-8-13(16)5-6-15(12)17/h2-8H,10H2,1H3. The van der Waals surface area contributed by atoms with E-state index in [-0.39, 0.29) is 5.82 Å². The molecule has 2 aromatic carbocycles. The average molecular weight is 319 g/mol. The molecule has 2 nitrogen and oxygen atoms in total. The Kier molecular flexibility index (Phi) is 4.18. The Morgan fingerprint density at radius 1 is 1.26 bits per heavy atom. The van der Waals surface area contributed by atoms with Gasteiger partial charge in [-0.3, -0.25) is 0 Å². The number of nitriles is 1. The Bertz CT molecular complexity index is 634. The van der Waals surface area contributed by atoms with Gasteiger partial charge in [0.2, 0.25) is 0 Å². The maximum atomic E-state index is 13.7. The molecule has 0 spiro atoms. The lowest BCUT2D eigenvalue weighted by Gasteiger charge is -2.20. The first kappa shape index (κ1) is 13.6. The number of hydrogen-bond acceptors (Lipinski definition) is 2. The number of rotatable bonds is 3. The van der Waals surface area contributed by atoms with Crippen molar-refractivity contribution in [3.05, 3.63) is 63.9 Å². The second kappa shape index (κ2) is 5.85. The van der Waals surface area contributed by atoms with E-state index in [0.29, 0.717) is 17.7 Å². The average Bonchev–Trinajstić information content (AvgIpc) is 2.43. The summed E-state index contributed by atoms with van der Waals surface area (Å²) in [6.45, 7) is 0.445. The van der Waals surface area contributed by atoms with Crippen molar-refractivity contribution in [3.8, 4) is 6.07 Å². The fourth-order valence-electron chi connectivity index (χ4n) is 1.82. The molecule has 0 unspecified atom stereocenters. The third kappa shape index (κ3) is 3.33. The van der Waals surface area contributed by atoms with E-state index in [9.17, 15) is 4.39 Å². The fourth-order valence-corrected chi connectivity index (χ4v) is 2.23. The Balaban J connectivity index is 2.23. The molecule has 0 amide bonds. The van der Waals surface area contributed by atoms with Crippen LogP contribution in [0.1, 0.15) is 11.1 Å². The summed E-state index contributed by atoms with van der Waals surface area (Å²) in [6.07, 6.45) is 0. The highest BCUT2D eigenvalue weighted by Gasteiger charge is 2.07. The third-order valence-corrected chi connectivity index (χ3v) is 3.32. The quantitative estimate of drug-likeness (QED) is 0.852. The predicted octanol–water partition coefficient (Wildman–Crippen LogP) is 4.10. The van der Waals surface area contributed by atoms with Crippen LogP contribution >= 0.6 is 15.9 Å². The molecule has 0 atom stereocenters. The molecular weight excluding hydrogens is 307 g/mol. The molecule has 2 aromatic rings. The van der Waals surface area contributed by atoms with E-state index in [1.165, 1.54) is 6.07 Å². The van der Waals surface area contributed by atoms with Crippen LogP contribution in [-0.2, 0) is 6.54 Å². The molecule has 0 saturated carbocycles. The van der Waals surface area contributed by atoms with Crippen LogP contribution in [0.5, 0.6) is 0 Å². The zero-order valence-corrected chi connectivity index (χ0v) is 12.0. The van der Waals surface area contributed by atoms with Gasteiger partial charge in [0.25, 0.3) is 0 Å². The number of benzene rings is 2. The molecule has 0 bridgehead atoms. The summed E-state index contributed by atoms with van der Waals surface area (Å²) in [6, 6.07) is 14.2. The van der Waals surface area contributed by atoms with Crippen LogP contribution < -0.4 is 4.90 Å². The Morgan fingerprint density at radius 2 is 2.05 bits per heavy atom. The van der Waals surface area contributed by atoms with E-state index in [4.69, 9.17) is 5.26 Å². The van der Waals surface area contributed by atoms with E-state index in [1.807, 2.05) is 24.1 Å². The molecule has 2 rings (SSSR count). The van der Waals surface area contributed by atoms with Crippen LogP contribution in [0.15, 0.2) is 46.9 Å². The Morgan fingerprint density at radius 3 is 2.79 bits per heavy atom. The SMILES string of the molecule is CN(Cc1cc(Br)ccc1F)c1cccc(C#N)c1. The van der Waals surface area contributed by atoms with Crippen molar-refractivity contribution in [3.63, 3.8) is 0 Å². The molecule has 0 heterocycles. The van der Waals surface area contributed by atoms with Crippen molar-refractivity contribution in [2.75, 3.05) is 11.9 Å². The summed E-state index contributed by atoms with van der Waals surface area (Å²) in [5, 5.41) is 8.88. The van der Waals surface area contributed by atoms with Crippen molar-refractivity contribution < 1.29 is 4.39 Å². The Hall–Kier alpha value is -1.86. The van der Waals surface area contributed by atoms with Gasteiger partial charge in [-0.05, 0) is 36.4 Å². The Labute approximate surface area is 120 Å². The highest BCUT2D eigenvalue weighted by atomic mass is 79.9. The smallest absolute Gasteiger partial charge is 0.128 e. The van der Waals surface area contributed by atoms with Crippen LogP contribution in [0.4, 0.5) is 10.1 Å². The van der Waals surface area contributed by atoms with Crippen molar-refractivity contribution in [2.24, 2.45) is 0 Å². The fraction of sp³-hybridized carbons (Fsp3) is 0.133. The van der Waals surface area contributed by atoms with Gasteiger partial charge in [-0.2, -0.15) is 5.26 Å². The van der Waals surface area contributed by atoms with Gasteiger partial charge in [0.15, 0.2) is 0 Å². The lowest BCUT2D eigenvalue weighted by Crippen LogP contribution is -2.17. The molecular formula is C15H12BrFN2. The van der Waals surface area contributed by atoms with Crippen LogP contribution in [0.3, 0.4) is 0 Å². The number of nitrogens with zero attached hydrogens (tertiary/aromatic N) is 2. The molecule has 0 saturated heterocycles. The molecule has 0 N–H and O–H groups in total. The molecule has 0 radical (unpaired) electrons. The van der Waals surface area contributed by atoms with E-state index in [0.717, 1.165) is 10.2 Å². The number of hydrogen-bond donors (Lipinski definition) is 0. The second-order valence-corrected chi connectivity index (χ2v) is 5.17. The van der Waals surface area contributed by atoms with Crippen molar-refractivity contribution >= 4 is 21.6 Å². The molecule has 0 aliphatic rings. The molecule has 96 valence electrons. The highest BCUT2D eigenvalue weighted by molar-refractivity contribution is 9.10. The topological polar surface area (TPSA) is 27.0 Å². The highest BCUT2D eigenvalue weighted by Crippen LogP contribution is 2.20. The van der Waals surface area contributed by atoms with Crippen molar-refractivity contribution in [1.29, 1.82) is 5.26 Å². The predicted molar refractivity (Wildman–Crippen MR) is 77.4 cm³/mol. The van der Waals surface area contributed by atoms with Crippen LogP contribution in [-0.4, -0.2) is 7.05 Å². The van der Waals surface area contributed by atoms with Crippen molar-refractivity contribution in [1.82, 2.24) is 0 Å². The van der Waals surface area contributed by atoms with Gasteiger partial charge >= 0.3 is 0 Å². The lowest BCUT2D eigenvalue weighted by molar-refractivity contribution is 0.607. The van der Waals surface area contributed by atoms with E-state index in [1.54, 1.807) is 24.3 Å². The zero-order valence-electron chi connectivity index (χ0n) is 10.4. The van der Waals surface area contributed by atoms with Gasteiger partial charge in [-0.25, -0.2) is 4.39 Å². The third-order valence-electron chi connectivity index (χ3n) is 2.83. The van der Waals surface area contributed by atoms with Gasteiger partial charge in [0.05, 0.1) is 11.6 Å². The van der Waals surface area contributed by atoms with Crippen LogP contribution in [0.25, 0.3) is 0 Å². The minimum absolute atomic E-state index is 0.230. The summed E-state index contributed by atoms with van der Waals surface area (Å²) < 4.78 is 14.5.